The van der Waals surface area contributed by atoms with E-state index in [0.29, 0.717) is 19.5 Å². The van der Waals surface area contributed by atoms with Crippen molar-refractivity contribution >= 4 is 23.4 Å². The number of nitrogens with one attached hydrogen (secondary N) is 4. The van der Waals surface area contributed by atoms with E-state index in [9.17, 15) is 9.59 Å². The van der Waals surface area contributed by atoms with Crippen molar-refractivity contribution in [2.75, 3.05) is 63.0 Å². The van der Waals surface area contributed by atoms with Gasteiger partial charge in [0.2, 0.25) is 0 Å². The molecule has 0 bridgehead atoms. The molecule has 8 nitrogen and oxygen atoms in total. The van der Waals surface area contributed by atoms with E-state index in [1.165, 1.54) is 77.0 Å². The first kappa shape index (κ1) is 40.1. The quantitative estimate of drug-likeness (QED) is 0.0766. The van der Waals surface area contributed by atoms with Gasteiger partial charge >= 0.3 is 12.1 Å². The average molecular weight is 651 g/mol. The number of amides is 4. The SMILES string of the molecule is CCCCCCN(CCCC)CCNC(=O)Nc1cccc(Cc2cccc(NC(=O)NCCN(CCCC)CCCCCC)c2)c1. The largest absolute Gasteiger partial charge is 0.337 e. The molecule has 0 radical (unpaired) electrons. The van der Waals surface area contributed by atoms with Crippen LogP contribution in [0.1, 0.15) is 116 Å². The van der Waals surface area contributed by atoms with E-state index in [1.54, 1.807) is 0 Å². The van der Waals surface area contributed by atoms with Crippen molar-refractivity contribution in [3.8, 4) is 0 Å². The van der Waals surface area contributed by atoms with Crippen LogP contribution in [0.5, 0.6) is 0 Å². The summed E-state index contributed by atoms with van der Waals surface area (Å²) in [6.07, 6.45) is 15.5. The second kappa shape index (κ2) is 25.9. The Morgan fingerprint density at radius 2 is 0.915 bits per heavy atom. The second-order valence-corrected chi connectivity index (χ2v) is 12.9. The smallest absolute Gasteiger partial charge is 0.319 e. The predicted octanol–water partition coefficient (Wildman–Crippen LogP) is 8.89. The van der Waals surface area contributed by atoms with Gasteiger partial charge in [0.15, 0.2) is 0 Å². The van der Waals surface area contributed by atoms with E-state index in [4.69, 9.17) is 0 Å². The summed E-state index contributed by atoms with van der Waals surface area (Å²) in [4.78, 5) is 30.3. The van der Waals surface area contributed by atoms with Gasteiger partial charge in [-0.05, 0) is 93.7 Å². The number of carbonyl (C=O) groups is 2. The zero-order valence-electron chi connectivity index (χ0n) is 30.2. The van der Waals surface area contributed by atoms with Gasteiger partial charge in [0, 0.05) is 37.6 Å². The second-order valence-electron chi connectivity index (χ2n) is 12.9. The molecule has 0 saturated carbocycles. The van der Waals surface area contributed by atoms with Crippen molar-refractivity contribution in [1.29, 1.82) is 0 Å². The fourth-order valence-electron chi connectivity index (χ4n) is 5.72. The molecule has 0 aliphatic rings. The maximum atomic E-state index is 12.7. The molecule has 0 aromatic heterocycles. The van der Waals surface area contributed by atoms with Crippen molar-refractivity contribution < 1.29 is 9.59 Å². The molecule has 2 aromatic rings. The Balaban J connectivity index is 1.80. The maximum absolute atomic E-state index is 12.7. The fourth-order valence-corrected chi connectivity index (χ4v) is 5.72. The van der Waals surface area contributed by atoms with Gasteiger partial charge in [-0.3, -0.25) is 0 Å². The van der Waals surface area contributed by atoms with Gasteiger partial charge in [0.05, 0.1) is 0 Å². The molecule has 0 fully saturated rings. The molecule has 47 heavy (non-hydrogen) atoms. The molecule has 264 valence electrons. The number of benzene rings is 2. The number of urea groups is 2. The standard InChI is InChI=1S/C39H66N6O2/c1-5-9-13-15-27-44(25-11-7-3)29-23-40-38(46)42-36-21-17-19-34(32-36)31-35-20-18-22-37(33-35)43-39(47)41-24-30-45(26-12-8-4)28-16-14-10-6-2/h17-22,32-33H,5-16,23-31H2,1-4H3,(H2,40,42,46)(H2,41,43,47). The molecule has 0 aliphatic carbocycles. The highest BCUT2D eigenvalue weighted by Crippen LogP contribution is 2.18. The van der Waals surface area contributed by atoms with Crippen LogP contribution in [0.4, 0.5) is 21.0 Å². The Hall–Kier alpha value is -3.10. The minimum absolute atomic E-state index is 0.175. The van der Waals surface area contributed by atoms with Crippen LogP contribution in [0.25, 0.3) is 0 Å². The van der Waals surface area contributed by atoms with Crippen LogP contribution in [-0.4, -0.2) is 74.2 Å². The van der Waals surface area contributed by atoms with E-state index < -0.39 is 0 Å². The Kier molecular flexibility index (Phi) is 22.1. The zero-order valence-corrected chi connectivity index (χ0v) is 30.2. The highest BCUT2D eigenvalue weighted by Gasteiger charge is 2.09. The van der Waals surface area contributed by atoms with Crippen molar-refractivity contribution in [3.63, 3.8) is 0 Å². The lowest BCUT2D eigenvalue weighted by molar-refractivity contribution is 0.241. The number of rotatable bonds is 26. The molecule has 0 heterocycles. The molecule has 8 heteroatoms. The first-order valence-corrected chi connectivity index (χ1v) is 18.7. The normalized spacial score (nSPS) is 11.2. The first-order chi connectivity index (χ1) is 23.0. The van der Waals surface area contributed by atoms with Gasteiger partial charge in [-0.1, -0.05) is 103 Å². The average Bonchev–Trinajstić information content (AvgIpc) is 3.06. The van der Waals surface area contributed by atoms with E-state index in [2.05, 4.69) is 70.9 Å². The van der Waals surface area contributed by atoms with Crippen molar-refractivity contribution in [2.24, 2.45) is 0 Å². The van der Waals surface area contributed by atoms with E-state index in [1.807, 2.05) is 36.4 Å². The summed E-state index contributed by atoms with van der Waals surface area (Å²) in [5.74, 6) is 0. The maximum Gasteiger partial charge on any atom is 0.319 e. The number of carbonyl (C=O) groups excluding carboxylic acids is 2. The number of anilines is 2. The van der Waals surface area contributed by atoms with Crippen LogP contribution >= 0.6 is 0 Å². The van der Waals surface area contributed by atoms with Crippen LogP contribution in [0.2, 0.25) is 0 Å². The first-order valence-electron chi connectivity index (χ1n) is 18.7. The molecule has 4 N–H and O–H groups in total. The van der Waals surface area contributed by atoms with E-state index >= 15 is 0 Å². The van der Waals surface area contributed by atoms with Crippen LogP contribution in [0.3, 0.4) is 0 Å². The lowest BCUT2D eigenvalue weighted by atomic mass is 10.0. The summed E-state index contributed by atoms with van der Waals surface area (Å²) >= 11 is 0. The third-order valence-electron chi connectivity index (χ3n) is 8.52. The fraction of sp³-hybridized carbons (Fsp3) is 0.641. The molecule has 2 rings (SSSR count). The molecule has 0 spiro atoms. The number of nitrogens with zero attached hydrogens (tertiary/aromatic N) is 2. The van der Waals surface area contributed by atoms with Crippen LogP contribution < -0.4 is 21.3 Å². The van der Waals surface area contributed by atoms with Gasteiger partial charge in [-0.2, -0.15) is 0 Å². The summed E-state index contributed by atoms with van der Waals surface area (Å²) in [5.41, 5.74) is 3.73. The van der Waals surface area contributed by atoms with Gasteiger partial charge in [0.25, 0.3) is 0 Å². The van der Waals surface area contributed by atoms with Gasteiger partial charge in [-0.15, -0.1) is 0 Å². The lowest BCUT2D eigenvalue weighted by Crippen LogP contribution is -2.37. The molecule has 0 aliphatic heterocycles. The van der Waals surface area contributed by atoms with E-state index in [0.717, 1.165) is 61.8 Å². The Bertz CT molecular complexity index is 1020. The topological polar surface area (TPSA) is 88.7 Å². The van der Waals surface area contributed by atoms with Crippen molar-refractivity contribution in [2.45, 2.75) is 111 Å². The summed E-state index contributed by atoms with van der Waals surface area (Å²) in [6.45, 7) is 16.3. The molecular weight excluding hydrogens is 584 g/mol. The van der Waals surface area contributed by atoms with Crippen LogP contribution in [-0.2, 0) is 6.42 Å². The minimum atomic E-state index is -0.175. The third kappa shape index (κ3) is 19.3. The summed E-state index contributed by atoms with van der Waals surface area (Å²) in [6, 6.07) is 15.6. The van der Waals surface area contributed by atoms with Crippen LogP contribution in [0.15, 0.2) is 48.5 Å². The number of unbranched alkanes of at least 4 members (excludes halogenated alkanes) is 8. The Labute approximate surface area is 286 Å². The third-order valence-corrected chi connectivity index (χ3v) is 8.52. The summed E-state index contributed by atoms with van der Waals surface area (Å²) in [7, 11) is 0. The predicted molar refractivity (Wildman–Crippen MR) is 201 cm³/mol. The lowest BCUT2D eigenvalue weighted by Gasteiger charge is -2.22. The zero-order chi connectivity index (χ0) is 34.0. The molecular formula is C39H66N6O2. The Morgan fingerprint density at radius 1 is 0.511 bits per heavy atom. The van der Waals surface area contributed by atoms with E-state index in [-0.39, 0.29) is 12.1 Å². The van der Waals surface area contributed by atoms with Crippen molar-refractivity contribution in [1.82, 2.24) is 20.4 Å². The monoisotopic (exact) mass is 651 g/mol. The number of hydrogen-bond acceptors (Lipinski definition) is 4. The molecule has 0 atom stereocenters. The minimum Gasteiger partial charge on any atom is -0.337 e. The van der Waals surface area contributed by atoms with Crippen molar-refractivity contribution in [3.05, 3.63) is 59.7 Å². The Morgan fingerprint density at radius 3 is 1.32 bits per heavy atom. The molecule has 0 saturated heterocycles. The summed E-state index contributed by atoms with van der Waals surface area (Å²) < 4.78 is 0. The van der Waals surface area contributed by atoms with Gasteiger partial charge < -0.3 is 31.1 Å². The highest BCUT2D eigenvalue weighted by molar-refractivity contribution is 5.90. The van der Waals surface area contributed by atoms with Gasteiger partial charge in [0.1, 0.15) is 0 Å². The number of hydrogen-bond donors (Lipinski definition) is 4. The molecule has 2 aromatic carbocycles. The summed E-state index contributed by atoms with van der Waals surface area (Å²) in [5, 5.41) is 12.1. The molecule has 4 amide bonds. The molecule has 0 unspecified atom stereocenters. The highest BCUT2D eigenvalue weighted by atomic mass is 16.2. The van der Waals surface area contributed by atoms with Gasteiger partial charge in [-0.25, -0.2) is 9.59 Å². The van der Waals surface area contributed by atoms with Crippen LogP contribution in [0, 0.1) is 0 Å².